The highest BCUT2D eigenvalue weighted by Crippen LogP contribution is 2.12. The second kappa shape index (κ2) is 9.55. The Hall–Kier alpha value is -1.36. The van der Waals surface area contributed by atoms with Gasteiger partial charge in [0.1, 0.15) is 5.82 Å². The molecule has 1 aromatic rings. The number of rotatable bonds is 10. The van der Waals surface area contributed by atoms with Gasteiger partial charge in [-0.25, -0.2) is 4.98 Å². The molecular weight excluding hydrogens is 262 g/mol. The zero-order valence-corrected chi connectivity index (χ0v) is 14.2. The molecule has 1 rings (SSSR count). The Morgan fingerprint density at radius 1 is 1.19 bits per heavy atom. The van der Waals surface area contributed by atoms with Gasteiger partial charge in [-0.15, -0.1) is 0 Å². The van der Waals surface area contributed by atoms with Crippen LogP contribution in [0, 0.1) is 6.92 Å². The van der Waals surface area contributed by atoms with Crippen LogP contribution in [0.3, 0.4) is 0 Å². The molecule has 0 aromatic carbocycles. The maximum Gasteiger partial charge on any atom is 0.224 e. The number of hydrogen-bond donors (Lipinski definition) is 2. The fourth-order valence-corrected chi connectivity index (χ4v) is 1.89. The first-order valence-corrected chi connectivity index (χ1v) is 8.06. The number of nitrogens with zero attached hydrogens (tertiary/aromatic N) is 3. The average molecular weight is 293 g/mol. The Labute approximate surface area is 129 Å². The van der Waals surface area contributed by atoms with Crippen molar-refractivity contribution in [3.63, 3.8) is 0 Å². The van der Waals surface area contributed by atoms with Crippen molar-refractivity contribution in [1.29, 1.82) is 0 Å². The van der Waals surface area contributed by atoms with Gasteiger partial charge in [-0.1, -0.05) is 6.92 Å². The van der Waals surface area contributed by atoms with Gasteiger partial charge in [-0.3, -0.25) is 0 Å². The molecule has 5 nitrogen and oxygen atoms in total. The molecular formula is C16H31N5. The molecule has 0 saturated carbocycles. The predicted molar refractivity (Wildman–Crippen MR) is 91.0 cm³/mol. The number of aryl methyl sites for hydroxylation is 1. The molecule has 0 fully saturated rings. The second-order valence-corrected chi connectivity index (χ2v) is 5.86. The van der Waals surface area contributed by atoms with E-state index in [2.05, 4.69) is 53.3 Å². The zero-order valence-electron chi connectivity index (χ0n) is 14.2. The molecule has 0 spiro atoms. The zero-order chi connectivity index (χ0) is 15.7. The van der Waals surface area contributed by atoms with Crippen LogP contribution in [0.5, 0.6) is 0 Å². The van der Waals surface area contributed by atoms with Crippen molar-refractivity contribution in [2.45, 2.75) is 53.0 Å². The summed E-state index contributed by atoms with van der Waals surface area (Å²) in [6.45, 7) is 11.6. The first-order chi connectivity index (χ1) is 10.0. The average Bonchev–Trinajstić information content (AvgIpc) is 2.46. The van der Waals surface area contributed by atoms with E-state index in [4.69, 9.17) is 0 Å². The maximum absolute atomic E-state index is 4.53. The lowest BCUT2D eigenvalue weighted by Crippen LogP contribution is -2.27. The van der Waals surface area contributed by atoms with Crippen LogP contribution in [-0.2, 0) is 0 Å². The van der Waals surface area contributed by atoms with E-state index in [-0.39, 0.29) is 0 Å². The summed E-state index contributed by atoms with van der Waals surface area (Å²) in [6, 6.07) is 0.620. The highest BCUT2D eigenvalue weighted by Gasteiger charge is 2.04. The van der Waals surface area contributed by atoms with E-state index in [1.165, 1.54) is 6.42 Å². The maximum atomic E-state index is 4.53. The van der Waals surface area contributed by atoms with Crippen LogP contribution in [0.25, 0.3) is 0 Å². The van der Waals surface area contributed by atoms with Gasteiger partial charge in [-0.05, 0) is 53.6 Å². The van der Waals surface area contributed by atoms with Crippen molar-refractivity contribution in [3.05, 3.63) is 11.8 Å². The summed E-state index contributed by atoms with van der Waals surface area (Å²) in [4.78, 5) is 11.2. The molecule has 0 bridgehead atoms. The predicted octanol–water partition coefficient (Wildman–Crippen LogP) is 3.14. The van der Waals surface area contributed by atoms with Crippen LogP contribution in [-0.4, -0.2) is 47.6 Å². The summed E-state index contributed by atoms with van der Waals surface area (Å²) in [5, 5.41) is 6.65. The van der Waals surface area contributed by atoms with Crippen LogP contribution in [0.1, 0.15) is 45.6 Å². The van der Waals surface area contributed by atoms with Gasteiger partial charge >= 0.3 is 0 Å². The Kier molecular flexibility index (Phi) is 8.05. The smallest absolute Gasteiger partial charge is 0.224 e. The Balaban J connectivity index is 2.34. The Morgan fingerprint density at radius 3 is 2.62 bits per heavy atom. The number of aromatic nitrogens is 2. The number of hydrogen-bond acceptors (Lipinski definition) is 5. The van der Waals surface area contributed by atoms with Crippen molar-refractivity contribution in [2.75, 3.05) is 37.3 Å². The fraction of sp³-hybridized carbons (Fsp3) is 0.750. The molecule has 0 aliphatic rings. The van der Waals surface area contributed by atoms with Gasteiger partial charge in [0.15, 0.2) is 0 Å². The first-order valence-electron chi connectivity index (χ1n) is 8.06. The summed E-state index contributed by atoms with van der Waals surface area (Å²) in [7, 11) is 2.18. The SMILES string of the molecule is CCCNc1ncc(C)c(NCCCCN(C)C(C)C)n1. The molecule has 1 aromatic heterocycles. The van der Waals surface area contributed by atoms with Gasteiger partial charge in [0.25, 0.3) is 0 Å². The minimum atomic E-state index is 0.620. The molecule has 0 amide bonds. The minimum absolute atomic E-state index is 0.620. The molecule has 0 atom stereocenters. The highest BCUT2D eigenvalue weighted by atomic mass is 15.1. The first kappa shape index (κ1) is 17.7. The summed E-state index contributed by atoms with van der Waals surface area (Å²) in [5.74, 6) is 1.66. The summed E-state index contributed by atoms with van der Waals surface area (Å²) < 4.78 is 0. The quantitative estimate of drug-likeness (QED) is 0.649. The third-order valence-electron chi connectivity index (χ3n) is 3.62. The standard InChI is InChI=1S/C16H31N5/c1-6-9-18-16-19-12-14(4)15(20-16)17-10-7-8-11-21(5)13(2)3/h12-13H,6-11H2,1-5H3,(H2,17,18,19,20). The van der Waals surface area contributed by atoms with Crippen LogP contribution in [0.4, 0.5) is 11.8 Å². The summed E-state index contributed by atoms with van der Waals surface area (Å²) in [5.41, 5.74) is 1.09. The van der Waals surface area contributed by atoms with E-state index < -0.39 is 0 Å². The van der Waals surface area contributed by atoms with Gasteiger partial charge in [0, 0.05) is 30.9 Å². The van der Waals surface area contributed by atoms with Gasteiger partial charge in [0.05, 0.1) is 0 Å². The van der Waals surface area contributed by atoms with Crippen molar-refractivity contribution in [3.8, 4) is 0 Å². The molecule has 0 aliphatic heterocycles. The normalized spacial score (nSPS) is 11.2. The van der Waals surface area contributed by atoms with E-state index >= 15 is 0 Å². The molecule has 5 heteroatoms. The van der Waals surface area contributed by atoms with E-state index in [1.54, 1.807) is 0 Å². The Bertz CT molecular complexity index is 406. The molecule has 1 heterocycles. The van der Waals surface area contributed by atoms with E-state index in [1.807, 2.05) is 13.1 Å². The molecule has 120 valence electrons. The van der Waals surface area contributed by atoms with E-state index in [0.29, 0.717) is 12.0 Å². The summed E-state index contributed by atoms with van der Waals surface area (Å²) in [6.07, 6.45) is 5.30. The molecule has 0 aliphatic carbocycles. The van der Waals surface area contributed by atoms with Crippen molar-refractivity contribution in [1.82, 2.24) is 14.9 Å². The lowest BCUT2D eigenvalue weighted by Gasteiger charge is -2.20. The van der Waals surface area contributed by atoms with Crippen molar-refractivity contribution >= 4 is 11.8 Å². The number of anilines is 2. The van der Waals surface area contributed by atoms with E-state index in [0.717, 1.165) is 43.9 Å². The second-order valence-electron chi connectivity index (χ2n) is 5.86. The lowest BCUT2D eigenvalue weighted by atomic mass is 10.2. The summed E-state index contributed by atoms with van der Waals surface area (Å²) >= 11 is 0. The monoisotopic (exact) mass is 293 g/mol. The van der Waals surface area contributed by atoms with Crippen LogP contribution in [0.2, 0.25) is 0 Å². The van der Waals surface area contributed by atoms with Gasteiger partial charge in [-0.2, -0.15) is 4.98 Å². The largest absolute Gasteiger partial charge is 0.370 e. The van der Waals surface area contributed by atoms with Gasteiger partial charge in [0.2, 0.25) is 5.95 Å². The molecule has 0 unspecified atom stereocenters. The molecule has 21 heavy (non-hydrogen) atoms. The van der Waals surface area contributed by atoms with Crippen LogP contribution >= 0.6 is 0 Å². The third-order valence-corrected chi connectivity index (χ3v) is 3.62. The molecule has 0 saturated heterocycles. The fourth-order valence-electron chi connectivity index (χ4n) is 1.89. The lowest BCUT2D eigenvalue weighted by molar-refractivity contribution is 0.269. The van der Waals surface area contributed by atoms with Crippen LogP contribution < -0.4 is 10.6 Å². The topological polar surface area (TPSA) is 53.1 Å². The van der Waals surface area contributed by atoms with Gasteiger partial charge < -0.3 is 15.5 Å². The highest BCUT2D eigenvalue weighted by molar-refractivity contribution is 5.46. The van der Waals surface area contributed by atoms with E-state index in [9.17, 15) is 0 Å². The number of unbranched alkanes of at least 4 members (excludes halogenated alkanes) is 1. The number of nitrogens with one attached hydrogen (secondary N) is 2. The molecule has 2 N–H and O–H groups in total. The Morgan fingerprint density at radius 2 is 1.95 bits per heavy atom. The third kappa shape index (κ3) is 6.76. The minimum Gasteiger partial charge on any atom is -0.370 e. The molecule has 0 radical (unpaired) electrons. The van der Waals surface area contributed by atoms with Crippen molar-refractivity contribution in [2.24, 2.45) is 0 Å². The van der Waals surface area contributed by atoms with Crippen LogP contribution in [0.15, 0.2) is 6.20 Å². The van der Waals surface area contributed by atoms with Crippen molar-refractivity contribution < 1.29 is 0 Å².